The van der Waals surface area contributed by atoms with Crippen LogP contribution in [0.25, 0.3) is 0 Å². The third-order valence-corrected chi connectivity index (χ3v) is 2.39. The van der Waals surface area contributed by atoms with Gasteiger partial charge in [0, 0.05) is 19.2 Å². The minimum atomic E-state index is -4.58. The molecule has 102 valence electrons. The Morgan fingerprint density at radius 1 is 1.44 bits per heavy atom. The van der Waals surface area contributed by atoms with Crippen molar-refractivity contribution >= 4 is 0 Å². The maximum Gasteiger partial charge on any atom is 0.431 e. The molecule has 0 aliphatic rings. The molecule has 1 unspecified atom stereocenters. The summed E-state index contributed by atoms with van der Waals surface area (Å²) in [5, 5.41) is 0. The highest BCUT2D eigenvalue weighted by Gasteiger charge is 2.34. The summed E-state index contributed by atoms with van der Waals surface area (Å²) >= 11 is 0. The molecule has 2 N–H and O–H groups in total. The number of hydrogen-bond donors (Lipinski definition) is 1. The lowest BCUT2D eigenvalue weighted by molar-refractivity contribution is -0.145. The maximum absolute atomic E-state index is 12.7. The number of aromatic nitrogens is 1. The summed E-state index contributed by atoms with van der Waals surface area (Å²) in [6, 6.07) is 3.02. The standard InChI is InChI=1S/C11H15F3N2O2/c1-2-18-8(6-15)7-16-9(11(12,13)14)4-3-5-10(16)17/h3-5,8H,2,6-7,15H2,1H3. The Hall–Kier alpha value is -1.34. The number of rotatable bonds is 5. The van der Waals surface area contributed by atoms with E-state index in [4.69, 9.17) is 10.5 Å². The number of nitrogens with zero attached hydrogens (tertiary/aromatic N) is 1. The van der Waals surface area contributed by atoms with Crippen molar-refractivity contribution < 1.29 is 17.9 Å². The first kappa shape index (κ1) is 14.7. The lowest BCUT2D eigenvalue weighted by Crippen LogP contribution is -2.36. The summed E-state index contributed by atoms with van der Waals surface area (Å²) in [7, 11) is 0. The number of pyridine rings is 1. The molecule has 1 aromatic rings. The number of ether oxygens (including phenoxy) is 1. The Labute approximate surface area is 102 Å². The van der Waals surface area contributed by atoms with Gasteiger partial charge in [0.25, 0.3) is 5.56 Å². The Morgan fingerprint density at radius 3 is 2.61 bits per heavy atom. The highest BCUT2D eigenvalue weighted by atomic mass is 19.4. The van der Waals surface area contributed by atoms with Gasteiger partial charge in [0.2, 0.25) is 0 Å². The molecule has 0 aromatic carbocycles. The summed E-state index contributed by atoms with van der Waals surface area (Å²) in [5.74, 6) is 0. The molecule has 1 aromatic heterocycles. The molecular formula is C11H15F3N2O2. The van der Waals surface area contributed by atoms with E-state index in [-0.39, 0.29) is 13.1 Å². The van der Waals surface area contributed by atoms with E-state index in [1.54, 1.807) is 6.92 Å². The molecule has 0 bridgehead atoms. The van der Waals surface area contributed by atoms with Crippen LogP contribution in [0.3, 0.4) is 0 Å². The maximum atomic E-state index is 12.7. The minimum absolute atomic E-state index is 0.0481. The number of nitrogens with two attached hydrogens (primary N) is 1. The van der Waals surface area contributed by atoms with Gasteiger partial charge in [-0.25, -0.2) is 0 Å². The molecular weight excluding hydrogens is 249 g/mol. The smallest absolute Gasteiger partial charge is 0.375 e. The monoisotopic (exact) mass is 264 g/mol. The molecule has 4 nitrogen and oxygen atoms in total. The summed E-state index contributed by atoms with van der Waals surface area (Å²) < 4.78 is 44.0. The van der Waals surface area contributed by atoms with Crippen LogP contribution in [0.5, 0.6) is 0 Å². The molecule has 0 amide bonds. The van der Waals surface area contributed by atoms with Crippen molar-refractivity contribution in [3.8, 4) is 0 Å². The average molecular weight is 264 g/mol. The van der Waals surface area contributed by atoms with Gasteiger partial charge < -0.3 is 15.0 Å². The van der Waals surface area contributed by atoms with Crippen LogP contribution >= 0.6 is 0 Å². The molecule has 1 atom stereocenters. The zero-order valence-corrected chi connectivity index (χ0v) is 9.91. The normalized spacial score (nSPS) is 13.6. The van der Waals surface area contributed by atoms with Gasteiger partial charge in [0.15, 0.2) is 0 Å². The molecule has 0 spiro atoms. The number of alkyl halides is 3. The van der Waals surface area contributed by atoms with E-state index in [2.05, 4.69) is 0 Å². The van der Waals surface area contributed by atoms with Crippen LogP contribution in [-0.4, -0.2) is 23.8 Å². The predicted octanol–water partition coefficient (Wildman–Crippen LogP) is 1.23. The van der Waals surface area contributed by atoms with E-state index in [0.717, 1.165) is 18.2 Å². The van der Waals surface area contributed by atoms with Crippen LogP contribution in [-0.2, 0) is 17.5 Å². The Morgan fingerprint density at radius 2 is 2.11 bits per heavy atom. The first-order valence-corrected chi connectivity index (χ1v) is 5.48. The van der Waals surface area contributed by atoms with Gasteiger partial charge in [-0.1, -0.05) is 6.07 Å². The first-order chi connectivity index (χ1) is 8.40. The predicted molar refractivity (Wildman–Crippen MR) is 60.2 cm³/mol. The van der Waals surface area contributed by atoms with Crippen LogP contribution in [0.4, 0.5) is 13.2 Å². The van der Waals surface area contributed by atoms with Gasteiger partial charge in [-0.2, -0.15) is 13.2 Å². The van der Waals surface area contributed by atoms with Crippen molar-refractivity contribution in [2.75, 3.05) is 13.2 Å². The quantitative estimate of drug-likeness (QED) is 0.870. The zero-order valence-electron chi connectivity index (χ0n) is 9.91. The molecule has 0 fully saturated rings. The largest absolute Gasteiger partial charge is 0.431 e. The molecule has 18 heavy (non-hydrogen) atoms. The van der Waals surface area contributed by atoms with Crippen LogP contribution in [0.2, 0.25) is 0 Å². The van der Waals surface area contributed by atoms with E-state index >= 15 is 0 Å². The van der Waals surface area contributed by atoms with Crippen LogP contribution in [0, 0.1) is 0 Å². The average Bonchev–Trinajstić information content (AvgIpc) is 2.29. The van der Waals surface area contributed by atoms with E-state index < -0.39 is 23.5 Å². The van der Waals surface area contributed by atoms with E-state index in [1.165, 1.54) is 0 Å². The molecule has 0 radical (unpaired) electrons. The Balaban J connectivity index is 3.10. The molecule has 0 saturated carbocycles. The Bertz CT molecular complexity index is 443. The third-order valence-electron chi connectivity index (χ3n) is 2.39. The van der Waals surface area contributed by atoms with Crippen molar-refractivity contribution in [1.82, 2.24) is 4.57 Å². The summed E-state index contributed by atoms with van der Waals surface area (Å²) in [6.07, 6.45) is -5.19. The van der Waals surface area contributed by atoms with Crippen LogP contribution in [0.15, 0.2) is 23.0 Å². The van der Waals surface area contributed by atoms with E-state index in [1.807, 2.05) is 0 Å². The topological polar surface area (TPSA) is 57.2 Å². The zero-order chi connectivity index (χ0) is 13.8. The van der Waals surface area contributed by atoms with Crippen LogP contribution < -0.4 is 11.3 Å². The number of hydrogen-bond acceptors (Lipinski definition) is 3. The van der Waals surface area contributed by atoms with Crippen molar-refractivity contribution in [1.29, 1.82) is 0 Å². The molecule has 0 saturated heterocycles. The number of halogens is 3. The molecule has 0 aliphatic carbocycles. The minimum Gasteiger partial charge on any atom is -0.375 e. The van der Waals surface area contributed by atoms with Crippen molar-refractivity contribution in [2.45, 2.75) is 25.7 Å². The molecule has 0 aliphatic heterocycles. The fourth-order valence-electron chi connectivity index (χ4n) is 1.59. The third kappa shape index (κ3) is 3.58. The van der Waals surface area contributed by atoms with Crippen molar-refractivity contribution in [3.63, 3.8) is 0 Å². The van der Waals surface area contributed by atoms with Gasteiger partial charge in [-0.05, 0) is 13.0 Å². The van der Waals surface area contributed by atoms with Crippen molar-refractivity contribution in [3.05, 3.63) is 34.2 Å². The Kier molecular flexibility index (Phi) is 4.92. The second kappa shape index (κ2) is 6.01. The molecule has 7 heteroatoms. The lowest BCUT2D eigenvalue weighted by Gasteiger charge is -2.20. The lowest BCUT2D eigenvalue weighted by atomic mass is 10.2. The second-order valence-electron chi connectivity index (χ2n) is 3.67. The fourth-order valence-corrected chi connectivity index (χ4v) is 1.59. The van der Waals surface area contributed by atoms with Gasteiger partial charge in [-0.3, -0.25) is 4.79 Å². The van der Waals surface area contributed by atoms with Gasteiger partial charge in [0.05, 0.1) is 12.6 Å². The highest BCUT2D eigenvalue weighted by Crippen LogP contribution is 2.28. The van der Waals surface area contributed by atoms with Crippen LogP contribution in [0.1, 0.15) is 12.6 Å². The molecule has 1 rings (SSSR count). The fraction of sp³-hybridized carbons (Fsp3) is 0.545. The van der Waals surface area contributed by atoms with Gasteiger partial charge >= 0.3 is 6.18 Å². The summed E-state index contributed by atoms with van der Waals surface area (Å²) in [6.45, 7) is 1.87. The second-order valence-corrected chi connectivity index (χ2v) is 3.67. The van der Waals surface area contributed by atoms with Gasteiger partial charge in [0.1, 0.15) is 5.69 Å². The first-order valence-electron chi connectivity index (χ1n) is 5.48. The van der Waals surface area contributed by atoms with Crippen molar-refractivity contribution in [2.24, 2.45) is 5.73 Å². The highest BCUT2D eigenvalue weighted by molar-refractivity contribution is 5.10. The molecule has 1 heterocycles. The SMILES string of the molecule is CCOC(CN)Cn1c(C(F)(F)F)cccc1=O. The van der Waals surface area contributed by atoms with E-state index in [9.17, 15) is 18.0 Å². The summed E-state index contributed by atoms with van der Waals surface area (Å²) in [4.78, 5) is 11.5. The van der Waals surface area contributed by atoms with Gasteiger partial charge in [-0.15, -0.1) is 0 Å². The summed E-state index contributed by atoms with van der Waals surface area (Å²) in [5.41, 5.74) is 3.68. The van der Waals surface area contributed by atoms with E-state index in [0.29, 0.717) is 11.2 Å².